The zero-order valence-electron chi connectivity index (χ0n) is 30.7. The highest BCUT2D eigenvalue weighted by Crippen LogP contribution is 2.66. The summed E-state index contributed by atoms with van der Waals surface area (Å²) >= 11 is 0. The number of nitrogens with zero attached hydrogens (tertiary/aromatic N) is 1. The summed E-state index contributed by atoms with van der Waals surface area (Å²) in [7, 11) is 0. The normalized spacial score (nSPS) is 14.3. The Morgan fingerprint density at radius 2 is 0.792 bits per heavy atom. The molecule has 10 rings (SSSR count). The summed E-state index contributed by atoms with van der Waals surface area (Å²) in [5, 5.41) is 2.54. The van der Waals surface area contributed by atoms with E-state index in [9.17, 15) is 0 Å². The van der Waals surface area contributed by atoms with Gasteiger partial charge in [0.15, 0.2) is 0 Å². The van der Waals surface area contributed by atoms with Gasteiger partial charge in [-0.1, -0.05) is 179 Å². The van der Waals surface area contributed by atoms with Crippen molar-refractivity contribution in [2.75, 3.05) is 4.90 Å². The largest absolute Gasteiger partial charge is 0.310 e. The molecule has 0 bridgehead atoms. The third-order valence-electron chi connectivity index (χ3n) is 12.0. The fraction of sp³-hybridized carbons (Fsp3) is 0.115. The molecule has 2 aliphatic carbocycles. The monoisotopic (exact) mass is 679 g/mol. The van der Waals surface area contributed by atoms with E-state index in [4.69, 9.17) is 0 Å². The van der Waals surface area contributed by atoms with Crippen LogP contribution < -0.4 is 4.90 Å². The average Bonchev–Trinajstić information content (AvgIpc) is 3.59. The van der Waals surface area contributed by atoms with E-state index < -0.39 is 0 Å². The van der Waals surface area contributed by atoms with Crippen LogP contribution in [-0.2, 0) is 10.8 Å². The van der Waals surface area contributed by atoms with Crippen molar-refractivity contribution >= 4 is 27.8 Å². The van der Waals surface area contributed by atoms with Gasteiger partial charge in [0.05, 0.1) is 5.69 Å². The van der Waals surface area contributed by atoms with Gasteiger partial charge in [-0.3, -0.25) is 0 Å². The Bertz CT molecular complexity index is 2570. The summed E-state index contributed by atoms with van der Waals surface area (Å²) in [5.74, 6) is 0. The molecule has 53 heavy (non-hydrogen) atoms. The van der Waals surface area contributed by atoms with Crippen molar-refractivity contribution in [3.05, 3.63) is 198 Å². The summed E-state index contributed by atoms with van der Waals surface area (Å²) in [6.07, 6.45) is 0. The van der Waals surface area contributed by atoms with E-state index in [-0.39, 0.29) is 10.8 Å². The number of para-hydroxylation sites is 2. The van der Waals surface area contributed by atoms with Crippen molar-refractivity contribution in [1.29, 1.82) is 0 Å². The fourth-order valence-corrected chi connectivity index (χ4v) is 9.62. The molecular formula is C52H41N. The van der Waals surface area contributed by atoms with E-state index in [2.05, 4.69) is 209 Å². The fourth-order valence-electron chi connectivity index (χ4n) is 9.62. The zero-order valence-corrected chi connectivity index (χ0v) is 30.7. The number of fused-ring (bicyclic) bond motifs is 7. The van der Waals surface area contributed by atoms with Gasteiger partial charge < -0.3 is 4.90 Å². The van der Waals surface area contributed by atoms with Crippen molar-refractivity contribution in [2.24, 2.45) is 0 Å². The first-order valence-corrected chi connectivity index (χ1v) is 18.8. The Morgan fingerprint density at radius 3 is 1.36 bits per heavy atom. The third kappa shape index (κ3) is 4.57. The van der Waals surface area contributed by atoms with Crippen molar-refractivity contribution in [3.63, 3.8) is 0 Å². The van der Waals surface area contributed by atoms with Crippen LogP contribution in [0.5, 0.6) is 0 Å². The van der Waals surface area contributed by atoms with Crippen molar-refractivity contribution < 1.29 is 0 Å². The van der Waals surface area contributed by atoms with Gasteiger partial charge in [0.2, 0.25) is 0 Å². The number of hydrogen-bond donors (Lipinski definition) is 0. The molecule has 1 nitrogen and oxygen atoms in total. The minimum Gasteiger partial charge on any atom is -0.310 e. The predicted molar refractivity (Wildman–Crippen MR) is 225 cm³/mol. The van der Waals surface area contributed by atoms with Crippen LogP contribution in [0.1, 0.15) is 49.9 Å². The molecular weight excluding hydrogens is 639 g/mol. The Morgan fingerprint density at radius 1 is 0.358 bits per heavy atom. The number of benzene rings is 8. The van der Waals surface area contributed by atoms with Crippen molar-refractivity contribution in [2.45, 2.75) is 38.5 Å². The first-order chi connectivity index (χ1) is 25.9. The van der Waals surface area contributed by atoms with E-state index >= 15 is 0 Å². The molecule has 0 fully saturated rings. The second-order valence-electron chi connectivity index (χ2n) is 15.7. The van der Waals surface area contributed by atoms with Crippen LogP contribution in [-0.4, -0.2) is 0 Å². The van der Waals surface area contributed by atoms with Gasteiger partial charge >= 0.3 is 0 Å². The van der Waals surface area contributed by atoms with Crippen LogP contribution >= 0.6 is 0 Å². The molecule has 0 aliphatic heterocycles. The molecule has 0 unspecified atom stereocenters. The van der Waals surface area contributed by atoms with Crippen LogP contribution in [0.4, 0.5) is 17.1 Å². The second kappa shape index (κ2) is 11.7. The predicted octanol–water partition coefficient (Wildman–Crippen LogP) is 14.3. The van der Waals surface area contributed by atoms with Gasteiger partial charge in [-0.25, -0.2) is 0 Å². The average molecular weight is 680 g/mol. The minimum atomic E-state index is -0.263. The van der Waals surface area contributed by atoms with E-state index in [0.29, 0.717) is 0 Å². The quantitative estimate of drug-likeness (QED) is 0.175. The molecule has 0 aromatic heterocycles. The molecule has 0 spiro atoms. The summed E-state index contributed by atoms with van der Waals surface area (Å²) in [6.45, 7) is 9.74. The highest BCUT2D eigenvalue weighted by Gasteiger charge is 2.48. The minimum absolute atomic E-state index is 0.263. The number of rotatable bonds is 5. The molecule has 0 saturated heterocycles. The summed E-state index contributed by atoms with van der Waals surface area (Å²) in [4.78, 5) is 2.55. The van der Waals surface area contributed by atoms with Crippen LogP contribution in [0.25, 0.3) is 55.3 Å². The van der Waals surface area contributed by atoms with E-state index in [1.165, 1.54) is 83.2 Å². The third-order valence-corrected chi connectivity index (χ3v) is 12.0. The maximum Gasteiger partial charge on any atom is 0.0556 e. The number of hydrogen-bond acceptors (Lipinski definition) is 1. The zero-order chi connectivity index (χ0) is 35.9. The first kappa shape index (κ1) is 31.5. The highest BCUT2D eigenvalue weighted by molar-refractivity contribution is 6.10. The number of anilines is 3. The lowest BCUT2D eigenvalue weighted by molar-refractivity contribution is 0.640. The van der Waals surface area contributed by atoms with Crippen LogP contribution in [0, 0.1) is 0 Å². The Balaban J connectivity index is 1.35. The highest BCUT2D eigenvalue weighted by atomic mass is 15.2. The maximum atomic E-state index is 2.55. The maximum absolute atomic E-state index is 2.55. The Kier molecular flexibility index (Phi) is 6.94. The lowest BCUT2D eigenvalue weighted by Gasteiger charge is -2.38. The lowest BCUT2D eigenvalue weighted by atomic mass is 9.73. The standard InChI is InChI=1S/C52H41N/c1-51(2)43-28-15-13-25-41(43)46-45(36-32-30-35(31-33-36)40-27-17-19-34-18-11-12-24-39(34)40)47-42-26-14-16-29-44(42)52(3,4)49(47)50(48(46)51)53(37-20-7-5-8-21-37)38-22-9-6-10-23-38/h5-33H,1-4H3. The van der Waals surface area contributed by atoms with E-state index in [0.717, 1.165) is 11.4 Å². The summed E-state index contributed by atoms with van der Waals surface area (Å²) in [6, 6.07) is 65.0. The van der Waals surface area contributed by atoms with Gasteiger partial charge in [-0.05, 0) is 102 Å². The molecule has 0 N–H and O–H groups in total. The van der Waals surface area contributed by atoms with Crippen molar-refractivity contribution in [1.82, 2.24) is 0 Å². The van der Waals surface area contributed by atoms with Gasteiger partial charge in [0, 0.05) is 22.2 Å². The van der Waals surface area contributed by atoms with Crippen LogP contribution in [0.15, 0.2) is 176 Å². The second-order valence-corrected chi connectivity index (χ2v) is 15.7. The topological polar surface area (TPSA) is 3.24 Å². The smallest absolute Gasteiger partial charge is 0.0556 e. The molecule has 0 saturated carbocycles. The van der Waals surface area contributed by atoms with Gasteiger partial charge in [0.1, 0.15) is 0 Å². The van der Waals surface area contributed by atoms with Gasteiger partial charge in [-0.15, -0.1) is 0 Å². The molecule has 254 valence electrons. The van der Waals surface area contributed by atoms with Crippen LogP contribution in [0.2, 0.25) is 0 Å². The molecule has 0 amide bonds. The van der Waals surface area contributed by atoms with Crippen molar-refractivity contribution in [3.8, 4) is 44.5 Å². The lowest BCUT2D eigenvalue weighted by Crippen LogP contribution is -2.26. The molecule has 8 aromatic carbocycles. The van der Waals surface area contributed by atoms with Crippen LogP contribution in [0.3, 0.4) is 0 Å². The van der Waals surface area contributed by atoms with E-state index in [1.54, 1.807) is 0 Å². The van der Waals surface area contributed by atoms with E-state index in [1.807, 2.05) is 0 Å². The Labute approximate surface area is 312 Å². The molecule has 2 aliphatic rings. The summed E-state index contributed by atoms with van der Waals surface area (Å²) in [5.41, 5.74) is 19.1. The summed E-state index contributed by atoms with van der Waals surface area (Å²) < 4.78 is 0. The molecule has 0 radical (unpaired) electrons. The molecule has 1 heteroatoms. The van der Waals surface area contributed by atoms with Gasteiger partial charge in [-0.2, -0.15) is 0 Å². The SMILES string of the molecule is CC1(C)c2ccccc2-c2c(-c3ccc(-c4cccc5ccccc45)cc3)c3c(c(N(c4ccccc4)c4ccccc4)c21)C(C)(C)c1ccccc1-3. The molecule has 8 aromatic rings. The molecule has 0 atom stereocenters. The van der Waals surface area contributed by atoms with Gasteiger partial charge in [0.25, 0.3) is 0 Å². The Hall–Kier alpha value is -6.18. The molecule has 0 heterocycles. The first-order valence-electron chi connectivity index (χ1n) is 18.8.